The highest BCUT2D eigenvalue weighted by molar-refractivity contribution is 7.54. The Bertz CT molecular complexity index is 1630. The number of hydrogen-bond donors (Lipinski definition) is 0. The molecule has 0 saturated carbocycles. The normalized spacial score (nSPS) is 14.5. The Morgan fingerprint density at radius 3 is 0.624 bits per heavy atom. The molecule has 0 aliphatic heterocycles. The van der Waals surface area contributed by atoms with E-state index in [1.807, 2.05) is 0 Å². The number of rotatable bonds is 57. The van der Waals surface area contributed by atoms with Crippen molar-refractivity contribution in [2.24, 2.45) is 29.6 Å². The van der Waals surface area contributed by atoms with Gasteiger partial charge in [-0.2, -0.15) is 0 Å². The zero-order chi connectivity index (χ0) is 62.8. The number of hydrogen-bond acceptors (Lipinski definition) is 0. The van der Waals surface area contributed by atoms with Crippen LogP contribution in [0.25, 0.3) is 0 Å². The molecule has 0 N–H and O–H groups in total. The van der Waals surface area contributed by atoms with E-state index >= 15 is 0 Å². The van der Waals surface area contributed by atoms with E-state index in [1.54, 1.807) is 0 Å². The van der Waals surface area contributed by atoms with Crippen LogP contribution in [-0.2, 0) is 0 Å². The fourth-order valence-corrected chi connectivity index (χ4v) is 9.84. The van der Waals surface area contributed by atoms with E-state index in [0.717, 1.165) is 113 Å². The fourth-order valence-electron chi connectivity index (χ4n) is 9.84. The van der Waals surface area contributed by atoms with Crippen molar-refractivity contribution in [2.45, 2.75) is 326 Å². The second-order valence-corrected chi connectivity index (χ2v) is 31.0. The smallest absolute Gasteiger partial charge is 0.214 e. The lowest BCUT2D eigenvalue weighted by Gasteiger charge is -2.17. The molecule has 0 aromatic rings. The zero-order valence-electron chi connectivity index (χ0n) is 57.6. The summed E-state index contributed by atoms with van der Waals surface area (Å²) in [4.78, 5) is 0. The largest absolute Gasteiger partial charge is 0.643 e. The molecule has 0 fully saturated rings. The van der Waals surface area contributed by atoms with Gasteiger partial charge in [-0.05, 0) is 216 Å². The van der Waals surface area contributed by atoms with Gasteiger partial charge in [0.25, 0.3) is 0 Å². The van der Waals surface area contributed by atoms with Crippen LogP contribution in [0.5, 0.6) is 0 Å². The van der Waals surface area contributed by atoms with Gasteiger partial charge in [0.1, 0.15) is 0 Å². The van der Waals surface area contributed by atoms with Crippen LogP contribution in [0.1, 0.15) is 326 Å². The van der Waals surface area contributed by atoms with E-state index in [4.69, 9.17) is 30.1 Å². The van der Waals surface area contributed by atoms with Gasteiger partial charge in [0, 0.05) is 0 Å². The monoisotopic (exact) mass is 1240 g/mol. The minimum Gasteiger partial charge on any atom is -0.214 e. The molecule has 4 heteroatoms. The van der Waals surface area contributed by atoms with Crippen molar-refractivity contribution in [3.05, 3.63) is 158 Å². The van der Waals surface area contributed by atoms with Gasteiger partial charge in [-0.15, -0.1) is 0 Å². The molecule has 0 aliphatic rings. The van der Waals surface area contributed by atoms with E-state index < -0.39 is 11.4 Å². The van der Waals surface area contributed by atoms with E-state index in [2.05, 4.69) is 220 Å². The lowest BCUT2D eigenvalue weighted by Crippen LogP contribution is -2.03. The second-order valence-electron chi connectivity index (χ2n) is 24.5. The van der Waals surface area contributed by atoms with Crippen molar-refractivity contribution in [3.8, 4) is 0 Å². The molecule has 0 spiro atoms. The number of allylic oxidation sites excluding steroid dienone is 26. The summed E-state index contributed by atoms with van der Waals surface area (Å²) in [6.07, 6.45) is 112. The molecule has 5 unspecified atom stereocenters. The fraction of sp³-hybridized carbons (Fsp3) is 0.679. The maximum atomic E-state index is 4.94. The Morgan fingerprint density at radius 2 is 0.376 bits per heavy atom. The molecule has 0 aromatic carbocycles. The highest BCUT2D eigenvalue weighted by Crippen LogP contribution is 2.24. The summed E-state index contributed by atoms with van der Waals surface area (Å²) in [5.41, 5.74) is 0. The first kappa shape index (κ1) is 87.2. The van der Waals surface area contributed by atoms with Gasteiger partial charge in [-0.25, -0.2) is 30.1 Å². The molecule has 0 radical (unpaired) electrons. The summed E-state index contributed by atoms with van der Waals surface area (Å²) in [7, 11) is 14.8. The summed E-state index contributed by atoms with van der Waals surface area (Å²) in [5.74, 6) is 4.50. The van der Waals surface area contributed by atoms with Crippen molar-refractivity contribution < 1.29 is 0 Å². The van der Waals surface area contributed by atoms with Crippen LogP contribution in [0.2, 0.25) is 0 Å². The molecule has 0 heterocycles. The van der Waals surface area contributed by atoms with Gasteiger partial charge in [0.05, 0.1) is 0 Å². The molecule has 0 aliphatic carbocycles. The van der Waals surface area contributed by atoms with Gasteiger partial charge in [0.15, 0.2) is 0 Å². The molecule has 0 saturated heterocycles. The van der Waals surface area contributed by atoms with E-state index in [-0.39, 0.29) is 0 Å². The average Bonchev–Trinajstić information content (AvgIpc) is 3.48. The number of halogens is 3. The van der Waals surface area contributed by atoms with Crippen LogP contribution in [0.3, 0.4) is 0 Å². The van der Waals surface area contributed by atoms with Gasteiger partial charge in [0.2, 0.25) is 0 Å². The van der Waals surface area contributed by atoms with E-state index in [0.29, 0.717) is 0 Å². The molecule has 0 rings (SSSR count). The van der Waals surface area contributed by atoms with Crippen LogP contribution in [0.4, 0.5) is 0 Å². The van der Waals surface area contributed by atoms with Crippen LogP contribution in [0.15, 0.2) is 158 Å². The highest BCUT2D eigenvalue weighted by atomic mass is 35.8. The first-order valence-electron chi connectivity index (χ1n) is 35.9. The summed E-state index contributed by atoms with van der Waals surface area (Å²) < 4.78 is 0. The predicted molar refractivity (Wildman–Crippen MR) is 400 cm³/mol. The predicted octanol–water partition coefficient (Wildman–Crippen LogP) is 30.1. The van der Waals surface area contributed by atoms with E-state index in [1.165, 1.54) is 180 Å². The SMILES string of the molecule is CC/C=C\CC/C=C\CC/C=C\CC/C=C\CC/C=C\CC/C=C\CC/C=C\CC/C=C\CC/C=C\CC.CC/C=C\CC/C=C\CCCC(C)CC/C=C\CC/C=C\CCCC(C)CCCC(C)CCC(C)CCCCC(C)CC.[Cl][Al]([Cl])[Cl]. The zero-order valence-corrected chi connectivity index (χ0v) is 61.0. The first-order valence-corrected chi connectivity index (χ1v) is 41.1. The average molecular weight is 1250 g/mol. The molecule has 0 nitrogen and oxygen atoms in total. The minimum atomic E-state index is -1.72. The summed E-state index contributed by atoms with van der Waals surface area (Å²) in [6.45, 7) is 21.2. The molecule has 0 amide bonds. The Labute approximate surface area is 550 Å². The molecule has 5 atom stereocenters. The second kappa shape index (κ2) is 78.1. The van der Waals surface area contributed by atoms with Crippen molar-refractivity contribution in [3.63, 3.8) is 0 Å². The van der Waals surface area contributed by atoms with Crippen molar-refractivity contribution in [1.29, 1.82) is 0 Å². The molecular formula is C81H140AlCl3. The first-order chi connectivity index (χ1) is 41.5. The van der Waals surface area contributed by atoms with Gasteiger partial charge >= 0.3 is 11.4 Å². The van der Waals surface area contributed by atoms with E-state index in [9.17, 15) is 0 Å². The number of unbranched alkanes of at least 4 members (excludes halogenated alkanes) is 13. The maximum absolute atomic E-state index is 4.94. The lowest BCUT2D eigenvalue weighted by atomic mass is 9.89. The standard InChI is InChI=1S/C43H80.C38H60.Al.3ClH/c1-8-10-11-12-13-15-18-21-24-31-40(4)32-25-22-19-16-14-17-20-23-26-33-41(5)35-29-36-43(7)38-37-42(6)34-28-27-30-39(3)9-2;1-3-5-7-9-11-13-15-17-19-21-23-25-27-29-31-33-35-37-38-36-34-32-30-28-26-24-22-20-18-16-14-12-10-8-6-4-2;;;;/h10-11,15,17-20,22,39-43H,8-9,12-14,16,21,23-38H2,1-7H3;5-8,13-16,21-24,29-32,37-38H,3-4,9-12,17-20,25-28,33-36H2,1-2H3;;3*1H/q;;+3;;;/p-3/b11-10-,18-15-,20-17-,22-19-;7-5-,8-6-,15-13-,16-14-,23-21-,24-22-,31-29-,32-30-,38-37-;;;;. The third-order valence-corrected chi connectivity index (χ3v) is 15.7. The topological polar surface area (TPSA) is 0 Å². The van der Waals surface area contributed by atoms with Gasteiger partial charge in [-0.1, -0.05) is 297 Å². The van der Waals surface area contributed by atoms with Crippen LogP contribution in [-0.4, -0.2) is 11.4 Å². The third kappa shape index (κ3) is 86.3. The van der Waals surface area contributed by atoms with Gasteiger partial charge < -0.3 is 0 Å². The van der Waals surface area contributed by atoms with Crippen LogP contribution in [0, 0.1) is 29.6 Å². The van der Waals surface area contributed by atoms with Crippen molar-refractivity contribution in [2.75, 3.05) is 0 Å². The summed E-state index contributed by atoms with van der Waals surface area (Å²) in [6, 6.07) is 0. The molecular weight excluding hydrogens is 1110 g/mol. The third-order valence-electron chi connectivity index (χ3n) is 15.7. The minimum absolute atomic E-state index is 0.851. The highest BCUT2D eigenvalue weighted by Gasteiger charge is 2.09. The Kier molecular flexibility index (Phi) is 80.2. The van der Waals surface area contributed by atoms with Gasteiger partial charge in [-0.3, -0.25) is 0 Å². The molecule has 0 bridgehead atoms. The summed E-state index contributed by atoms with van der Waals surface area (Å²) >= 11 is -1.72. The van der Waals surface area contributed by atoms with Crippen molar-refractivity contribution >= 4 is 41.5 Å². The Morgan fingerprint density at radius 1 is 0.200 bits per heavy atom. The summed E-state index contributed by atoms with van der Waals surface area (Å²) in [5, 5.41) is 0. The lowest BCUT2D eigenvalue weighted by molar-refractivity contribution is 0.361. The maximum Gasteiger partial charge on any atom is 0.643 e. The Balaban J connectivity index is -0.00000150. The van der Waals surface area contributed by atoms with Crippen molar-refractivity contribution in [1.82, 2.24) is 0 Å². The van der Waals surface area contributed by atoms with Crippen LogP contribution >= 0.6 is 30.1 Å². The molecule has 85 heavy (non-hydrogen) atoms. The molecule has 488 valence electrons. The van der Waals surface area contributed by atoms with Crippen LogP contribution < -0.4 is 0 Å². The quantitative estimate of drug-likeness (QED) is 0.0323. The Hall–Kier alpha value is -1.98. The molecule has 0 aromatic heterocycles.